The maximum atomic E-state index is 6.00. The molecule has 0 amide bonds. The first-order valence-electron chi connectivity index (χ1n) is 7.33. The SMILES string of the molecule is CCNCc1cc(Br)ccc1N1CC(C)OC(C)(C)C1. The van der Waals surface area contributed by atoms with Crippen molar-refractivity contribution in [3.8, 4) is 0 Å². The second-order valence-electron chi connectivity index (χ2n) is 6.12. The molecule has 1 aromatic carbocycles. The molecule has 2 rings (SSSR count). The maximum Gasteiger partial charge on any atom is 0.0805 e. The fraction of sp³-hybridized carbons (Fsp3) is 0.625. The smallest absolute Gasteiger partial charge is 0.0805 e. The largest absolute Gasteiger partial charge is 0.369 e. The van der Waals surface area contributed by atoms with E-state index in [0.29, 0.717) is 0 Å². The van der Waals surface area contributed by atoms with E-state index in [1.54, 1.807) is 0 Å². The molecule has 1 fully saturated rings. The van der Waals surface area contributed by atoms with E-state index in [2.05, 4.69) is 72.0 Å². The predicted molar refractivity (Wildman–Crippen MR) is 88.4 cm³/mol. The lowest BCUT2D eigenvalue weighted by Crippen LogP contribution is -2.52. The Bertz CT molecular complexity index is 462. The van der Waals surface area contributed by atoms with Crippen LogP contribution >= 0.6 is 15.9 Å². The molecule has 4 heteroatoms. The van der Waals surface area contributed by atoms with Crippen LogP contribution in [0.2, 0.25) is 0 Å². The summed E-state index contributed by atoms with van der Waals surface area (Å²) < 4.78 is 7.14. The fourth-order valence-electron chi connectivity index (χ4n) is 2.90. The molecular weight excluding hydrogens is 316 g/mol. The molecule has 1 aliphatic rings. The van der Waals surface area contributed by atoms with Crippen molar-refractivity contribution < 1.29 is 4.74 Å². The second-order valence-corrected chi connectivity index (χ2v) is 7.04. The van der Waals surface area contributed by atoms with Gasteiger partial charge in [0.15, 0.2) is 0 Å². The summed E-state index contributed by atoms with van der Waals surface area (Å²) in [5.41, 5.74) is 2.56. The zero-order valence-corrected chi connectivity index (χ0v) is 14.5. The van der Waals surface area contributed by atoms with E-state index in [-0.39, 0.29) is 11.7 Å². The molecule has 1 aromatic rings. The number of morpholine rings is 1. The highest BCUT2D eigenvalue weighted by atomic mass is 79.9. The molecule has 1 unspecified atom stereocenters. The Morgan fingerprint density at radius 1 is 1.45 bits per heavy atom. The van der Waals surface area contributed by atoms with Gasteiger partial charge in [-0.1, -0.05) is 22.9 Å². The number of halogens is 1. The second kappa shape index (κ2) is 6.46. The molecule has 0 aromatic heterocycles. The van der Waals surface area contributed by atoms with Crippen LogP contribution < -0.4 is 10.2 Å². The number of hydrogen-bond acceptors (Lipinski definition) is 3. The van der Waals surface area contributed by atoms with Gasteiger partial charge >= 0.3 is 0 Å². The molecule has 0 spiro atoms. The molecule has 0 aliphatic carbocycles. The summed E-state index contributed by atoms with van der Waals surface area (Å²) in [6.45, 7) is 12.4. The summed E-state index contributed by atoms with van der Waals surface area (Å²) >= 11 is 3.58. The number of rotatable bonds is 4. The molecule has 0 bridgehead atoms. The Kier molecular flexibility index (Phi) is 5.10. The van der Waals surface area contributed by atoms with Crippen molar-refractivity contribution in [2.75, 3.05) is 24.5 Å². The van der Waals surface area contributed by atoms with Crippen LogP contribution in [0.25, 0.3) is 0 Å². The normalized spacial score (nSPS) is 22.1. The highest BCUT2D eigenvalue weighted by Crippen LogP contribution is 2.30. The molecule has 1 saturated heterocycles. The summed E-state index contributed by atoms with van der Waals surface area (Å²) in [4.78, 5) is 2.45. The van der Waals surface area contributed by atoms with Crippen molar-refractivity contribution in [1.82, 2.24) is 5.32 Å². The van der Waals surface area contributed by atoms with Gasteiger partial charge in [-0.2, -0.15) is 0 Å². The predicted octanol–water partition coefficient (Wildman–Crippen LogP) is 3.56. The van der Waals surface area contributed by atoms with E-state index in [1.807, 2.05) is 0 Å². The van der Waals surface area contributed by atoms with Gasteiger partial charge in [-0.25, -0.2) is 0 Å². The van der Waals surface area contributed by atoms with Crippen molar-refractivity contribution in [3.63, 3.8) is 0 Å². The van der Waals surface area contributed by atoms with Gasteiger partial charge in [-0.3, -0.25) is 0 Å². The Balaban J connectivity index is 2.26. The summed E-state index contributed by atoms with van der Waals surface area (Å²) in [5, 5.41) is 3.42. The molecule has 20 heavy (non-hydrogen) atoms. The molecule has 1 N–H and O–H groups in total. The number of hydrogen-bond donors (Lipinski definition) is 1. The first-order chi connectivity index (χ1) is 9.41. The van der Waals surface area contributed by atoms with Crippen molar-refractivity contribution in [2.45, 2.75) is 45.9 Å². The highest BCUT2D eigenvalue weighted by Gasteiger charge is 2.32. The van der Waals surface area contributed by atoms with Crippen LogP contribution in [0.5, 0.6) is 0 Å². The molecular formula is C16H25BrN2O. The molecule has 0 radical (unpaired) electrons. The van der Waals surface area contributed by atoms with Crippen LogP contribution in [0.4, 0.5) is 5.69 Å². The van der Waals surface area contributed by atoms with E-state index in [4.69, 9.17) is 4.74 Å². The van der Waals surface area contributed by atoms with Crippen molar-refractivity contribution in [3.05, 3.63) is 28.2 Å². The lowest BCUT2D eigenvalue weighted by molar-refractivity contribution is -0.0750. The molecule has 1 atom stereocenters. The minimum atomic E-state index is -0.0970. The number of anilines is 1. The van der Waals surface area contributed by atoms with E-state index in [1.165, 1.54) is 11.3 Å². The maximum absolute atomic E-state index is 6.00. The lowest BCUT2D eigenvalue weighted by atomic mass is 10.0. The number of ether oxygens (including phenoxy) is 1. The van der Waals surface area contributed by atoms with Crippen LogP contribution in [-0.4, -0.2) is 31.3 Å². The third-order valence-corrected chi connectivity index (χ3v) is 4.01. The lowest BCUT2D eigenvalue weighted by Gasteiger charge is -2.43. The Morgan fingerprint density at radius 3 is 2.85 bits per heavy atom. The molecule has 1 aliphatic heterocycles. The van der Waals surface area contributed by atoms with Gasteiger partial charge in [0.05, 0.1) is 11.7 Å². The molecule has 0 saturated carbocycles. The van der Waals surface area contributed by atoms with Gasteiger partial charge in [0.2, 0.25) is 0 Å². The topological polar surface area (TPSA) is 24.5 Å². The number of nitrogens with zero attached hydrogens (tertiary/aromatic N) is 1. The first-order valence-corrected chi connectivity index (χ1v) is 8.12. The van der Waals surface area contributed by atoms with E-state index < -0.39 is 0 Å². The van der Waals surface area contributed by atoms with Crippen molar-refractivity contribution >= 4 is 21.6 Å². The fourth-order valence-corrected chi connectivity index (χ4v) is 3.31. The van der Waals surface area contributed by atoms with E-state index in [9.17, 15) is 0 Å². The number of benzene rings is 1. The first kappa shape index (κ1) is 15.8. The minimum absolute atomic E-state index is 0.0970. The third-order valence-electron chi connectivity index (χ3n) is 3.52. The molecule has 3 nitrogen and oxygen atoms in total. The van der Waals surface area contributed by atoms with E-state index >= 15 is 0 Å². The zero-order chi connectivity index (χ0) is 14.8. The van der Waals surface area contributed by atoms with Gasteiger partial charge in [-0.05, 0) is 51.1 Å². The van der Waals surface area contributed by atoms with Crippen molar-refractivity contribution in [1.29, 1.82) is 0 Å². The van der Waals surface area contributed by atoms with Gasteiger partial charge in [0.1, 0.15) is 0 Å². The van der Waals surface area contributed by atoms with Crippen molar-refractivity contribution in [2.24, 2.45) is 0 Å². The summed E-state index contributed by atoms with van der Waals surface area (Å²) in [7, 11) is 0. The summed E-state index contributed by atoms with van der Waals surface area (Å²) in [6.07, 6.45) is 0.259. The summed E-state index contributed by atoms with van der Waals surface area (Å²) in [6, 6.07) is 6.55. The standard InChI is InChI=1S/C16H25BrN2O/c1-5-18-9-13-8-14(17)6-7-15(13)19-10-12(2)20-16(3,4)11-19/h6-8,12,18H,5,9-11H2,1-4H3. The Morgan fingerprint density at radius 2 is 2.20 bits per heavy atom. The van der Waals surface area contributed by atoms with Gasteiger partial charge in [0, 0.05) is 29.8 Å². The van der Waals surface area contributed by atoms with Crippen LogP contribution in [0, 0.1) is 0 Å². The third kappa shape index (κ3) is 3.96. The summed E-state index contributed by atoms with van der Waals surface area (Å²) in [5.74, 6) is 0. The van der Waals surface area contributed by atoms with Crippen LogP contribution in [-0.2, 0) is 11.3 Å². The van der Waals surface area contributed by atoms with E-state index in [0.717, 1.165) is 30.7 Å². The van der Waals surface area contributed by atoms with Crippen LogP contribution in [0.15, 0.2) is 22.7 Å². The van der Waals surface area contributed by atoms with Gasteiger partial charge in [0.25, 0.3) is 0 Å². The highest BCUT2D eigenvalue weighted by molar-refractivity contribution is 9.10. The Hall–Kier alpha value is -0.580. The van der Waals surface area contributed by atoms with Gasteiger partial charge in [-0.15, -0.1) is 0 Å². The van der Waals surface area contributed by atoms with Crippen LogP contribution in [0.3, 0.4) is 0 Å². The average Bonchev–Trinajstić information content (AvgIpc) is 2.33. The van der Waals surface area contributed by atoms with Crippen LogP contribution in [0.1, 0.15) is 33.3 Å². The minimum Gasteiger partial charge on any atom is -0.369 e. The Labute approximate surface area is 130 Å². The van der Waals surface area contributed by atoms with Gasteiger partial charge < -0.3 is 15.0 Å². The quantitative estimate of drug-likeness (QED) is 0.906. The number of nitrogens with one attached hydrogen (secondary N) is 1. The zero-order valence-electron chi connectivity index (χ0n) is 12.9. The monoisotopic (exact) mass is 340 g/mol. The molecule has 112 valence electrons. The molecule has 1 heterocycles. The average molecular weight is 341 g/mol.